The third-order valence-electron chi connectivity index (χ3n) is 2.80. The van der Waals surface area contributed by atoms with Crippen molar-refractivity contribution in [1.82, 2.24) is 19.4 Å². The van der Waals surface area contributed by atoms with Crippen LogP contribution in [0.25, 0.3) is 0 Å². The van der Waals surface area contributed by atoms with Gasteiger partial charge < -0.3 is 10.0 Å². The van der Waals surface area contributed by atoms with Crippen molar-refractivity contribution in [1.29, 1.82) is 0 Å². The van der Waals surface area contributed by atoms with Crippen molar-refractivity contribution >= 4 is 16.0 Å². The second-order valence-corrected chi connectivity index (χ2v) is 6.45. The molecule has 0 bridgehead atoms. The van der Waals surface area contributed by atoms with E-state index in [9.17, 15) is 13.2 Å². The summed E-state index contributed by atoms with van der Waals surface area (Å²) in [6.07, 6.45) is 1.67. The maximum atomic E-state index is 12.4. The SMILES string of the molecule is CCN(CCCN(C)C)S(=O)(=O)c1[nH]ncc1C(=O)O. The first-order valence-electron chi connectivity index (χ1n) is 6.22. The van der Waals surface area contributed by atoms with Crippen LogP contribution < -0.4 is 0 Å². The highest BCUT2D eigenvalue weighted by atomic mass is 32.2. The molecule has 0 atom stereocenters. The quantitative estimate of drug-likeness (QED) is 0.704. The molecule has 0 fully saturated rings. The third-order valence-corrected chi connectivity index (χ3v) is 4.75. The van der Waals surface area contributed by atoms with Crippen LogP contribution in [0.15, 0.2) is 11.2 Å². The number of rotatable bonds is 8. The minimum Gasteiger partial charge on any atom is -0.478 e. The maximum Gasteiger partial charge on any atom is 0.340 e. The van der Waals surface area contributed by atoms with Gasteiger partial charge in [0.05, 0.1) is 6.20 Å². The molecular formula is C11H20N4O4S. The van der Waals surface area contributed by atoms with Crippen LogP contribution in [0.5, 0.6) is 0 Å². The van der Waals surface area contributed by atoms with Crippen molar-refractivity contribution in [2.24, 2.45) is 0 Å². The molecule has 0 aliphatic carbocycles. The molecule has 1 aromatic heterocycles. The normalized spacial score (nSPS) is 12.2. The number of aromatic carboxylic acids is 1. The van der Waals surface area contributed by atoms with E-state index in [0.717, 1.165) is 12.7 Å². The lowest BCUT2D eigenvalue weighted by Crippen LogP contribution is -2.34. The van der Waals surface area contributed by atoms with Gasteiger partial charge in [-0.05, 0) is 27.1 Å². The molecule has 1 aromatic rings. The number of carboxylic acid groups (broad SMARTS) is 1. The summed E-state index contributed by atoms with van der Waals surface area (Å²) >= 11 is 0. The van der Waals surface area contributed by atoms with Crippen molar-refractivity contribution in [3.05, 3.63) is 11.8 Å². The van der Waals surface area contributed by atoms with Crippen molar-refractivity contribution in [3.63, 3.8) is 0 Å². The largest absolute Gasteiger partial charge is 0.478 e. The fourth-order valence-corrected chi connectivity index (χ4v) is 3.32. The van der Waals surface area contributed by atoms with Gasteiger partial charge in [-0.15, -0.1) is 0 Å². The predicted molar refractivity (Wildman–Crippen MR) is 73.2 cm³/mol. The molecular weight excluding hydrogens is 284 g/mol. The van der Waals surface area contributed by atoms with Gasteiger partial charge in [-0.1, -0.05) is 6.92 Å². The Labute approximate surface area is 118 Å². The van der Waals surface area contributed by atoms with Crippen LogP contribution in [0.4, 0.5) is 0 Å². The molecule has 0 amide bonds. The van der Waals surface area contributed by atoms with Gasteiger partial charge in [0.2, 0.25) is 0 Å². The van der Waals surface area contributed by atoms with Crippen LogP contribution in [-0.4, -0.2) is 72.6 Å². The number of hydrogen-bond donors (Lipinski definition) is 2. The van der Waals surface area contributed by atoms with Gasteiger partial charge in [0.25, 0.3) is 10.0 Å². The summed E-state index contributed by atoms with van der Waals surface area (Å²) in [6.45, 7) is 3.06. The second-order valence-electron chi connectivity index (χ2n) is 4.57. The molecule has 0 radical (unpaired) electrons. The molecule has 0 unspecified atom stereocenters. The molecule has 114 valence electrons. The van der Waals surface area contributed by atoms with Crippen molar-refractivity contribution in [3.8, 4) is 0 Å². The highest BCUT2D eigenvalue weighted by molar-refractivity contribution is 7.89. The van der Waals surface area contributed by atoms with E-state index < -0.39 is 16.0 Å². The van der Waals surface area contributed by atoms with Crippen LogP contribution >= 0.6 is 0 Å². The topological polar surface area (TPSA) is 107 Å². The van der Waals surface area contributed by atoms with Crippen molar-refractivity contribution < 1.29 is 18.3 Å². The fourth-order valence-electron chi connectivity index (χ4n) is 1.76. The highest BCUT2D eigenvalue weighted by Gasteiger charge is 2.29. The Morgan fingerprint density at radius 2 is 2.05 bits per heavy atom. The lowest BCUT2D eigenvalue weighted by Gasteiger charge is -2.20. The molecule has 8 nitrogen and oxygen atoms in total. The zero-order valence-electron chi connectivity index (χ0n) is 11.8. The van der Waals surface area contributed by atoms with Gasteiger partial charge >= 0.3 is 5.97 Å². The zero-order chi connectivity index (χ0) is 15.3. The summed E-state index contributed by atoms with van der Waals surface area (Å²) < 4.78 is 26.1. The highest BCUT2D eigenvalue weighted by Crippen LogP contribution is 2.17. The van der Waals surface area contributed by atoms with E-state index in [4.69, 9.17) is 5.11 Å². The van der Waals surface area contributed by atoms with E-state index in [1.54, 1.807) is 6.92 Å². The maximum absolute atomic E-state index is 12.4. The van der Waals surface area contributed by atoms with Crippen molar-refractivity contribution in [2.45, 2.75) is 18.4 Å². The second kappa shape index (κ2) is 6.82. The number of aromatic amines is 1. The smallest absolute Gasteiger partial charge is 0.340 e. The molecule has 2 N–H and O–H groups in total. The average Bonchev–Trinajstić information content (AvgIpc) is 2.83. The van der Waals surface area contributed by atoms with Crippen LogP contribution in [0.2, 0.25) is 0 Å². The van der Waals surface area contributed by atoms with E-state index in [-0.39, 0.29) is 17.1 Å². The molecule has 0 spiro atoms. The predicted octanol–water partition coefficient (Wildman–Crippen LogP) is 0.0702. The summed E-state index contributed by atoms with van der Waals surface area (Å²) in [5.74, 6) is -1.32. The van der Waals surface area contributed by atoms with E-state index in [0.29, 0.717) is 13.0 Å². The Morgan fingerprint density at radius 3 is 2.55 bits per heavy atom. The minimum absolute atomic E-state index is 0.272. The lowest BCUT2D eigenvalue weighted by atomic mass is 10.4. The first-order chi connectivity index (χ1) is 9.30. The number of sulfonamides is 1. The molecule has 9 heteroatoms. The van der Waals surface area contributed by atoms with Crippen LogP contribution in [0.1, 0.15) is 23.7 Å². The van der Waals surface area contributed by atoms with Crippen molar-refractivity contribution in [2.75, 3.05) is 33.7 Å². The number of aromatic nitrogens is 2. The third kappa shape index (κ3) is 3.78. The Morgan fingerprint density at radius 1 is 1.40 bits per heavy atom. The van der Waals surface area contributed by atoms with Crippen LogP contribution in [0.3, 0.4) is 0 Å². The average molecular weight is 304 g/mol. The summed E-state index contributed by atoms with van der Waals surface area (Å²) in [5, 5.41) is 14.4. The molecule has 0 aliphatic heterocycles. The zero-order valence-corrected chi connectivity index (χ0v) is 12.6. The number of hydrogen-bond acceptors (Lipinski definition) is 5. The summed E-state index contributed by atoms with van der Waals surface area (Å²) in [6, 6.07) is 0. The van der Waals surface area contributed by atoms with E-state index >= 15 is 0 Å². The Bertz CT molecular complexity index is 553. The molecule has 20 heavy (non-hydrogen) atoms. The molecule has 0 aromatic carbocycles. The standard InChI is InChI=1S/C11H20N4O4S/c1-4-15(7-5-6-14(2)3)20(18,19)10-9(11(16)17)8-12-13-10/h8H,4-7H2,1-3H3,(H,12,13)(H,16,17). The summed E-state index contributed by atoms with van der Waals surface area (Å²) in [7, 11) is -0.0555. The van der Waals surface area contributed by atoms with E-state index in [2.05, 4.69) is 10.2 Å². The van der Waals surface area contributed by atoms with E-state index in [1.165, 1.54) is 4.31 Å². The number of carboxylic acids is 1. The molecule has 1 heterocycles. The van der Waals surface area contributed by atoms with Gasteiger partial charge in [-0.3, -0.25) is 5.10 Å². The number of nitrogens with one attached hydrogen (secondary N) is 1. The van der Waals surface area contributed by atoms with Crippen LogP contribution in [-0.2, 0) is 10.0 Å². The van der Waals surface area contributed by atoms with Gasteiger partial charge in [0, 0.05) is 13.1 Å². The minimum atomic E-state index is -3.87. The Hall–Kier alpha value is -1.45. The first-order valence-corrected chi connectivity index (χ1v) is 7.66. The molecule has 0 saturated carbocycles. The van der Waals surface area contributed by atoms with Gasteiger partial charge in [0.1, 0.15) is 5.56 Å². The summed E-state index contributed by atoms with van der Waals surface area (Å²) in [5.41, 5.74) is -0.337. The van der Waals surface area contributed by atoms with E-state index in [1.807, 2.05) is 19.0 Å². The Balaban J connectivity index is 2.94. The fraction of sp³-hybridized carbons (Fsp3) is 0.636. The number of carbonyl (C=O) groups is 1. The van der Waals surface area contributed by atoms with Gasteiger partial charge in [-0.2, -0.15) is 9.40 Å². The van der Waals surface area contributed by atoms with Gasteiger partial charge in [-0.25, -0.2) is 13.2 Å². The molecule has 1 rings (SSSR count). The molecule has 0 aliphatic rings. The monoisotopic (exact) mass is 304 g/mol. The summed E-state index contributed by atoms with van der Waals surface area (Å²) in [4.78, 5) is 13.0. The number of nitrogens with zero attached hydrogens (tertiary/aromatic N) is 3. The lowest BCUT2D eigenvalue weighted by molar-refractivity contribution is 0.0692. The van der Waals surface area contributed by atoms with Crippen LogP contribution in [0, 0.1) is 0 Å². The van der Waals surface area contributed by atoms with Gasteiger partial charge in [0.15, 0.2) is 5.03 Å². The molecule has 0 saturated heterocycles. The first kappa shape index (κ1) is 16.6. The Kier molecular flexibility index (Phi) is 5.66. The number of H-pyrrole nitrogens is 1.